The van der Waals surface area contributed by atoms with Crippen molar-refractivity contribution >= 4 is 5.91 Å². The molecule has 2 atom stereocenters. The summed E-state index contributed by atoms with van der Waals surface area (Å²) in [6.07, 6.45) is -0.739. The van der Waals surface area contributed by atoms with Crippen LogP contribution in [0.1, 0.15) is 26.3 Å². The molecule has 5 heteroatoms. The third-order valence-electron chi connectivity index (χ3n) is 3.01. The molecule has 0 aliphatic carbocycles. The molecule has 1 aromatic rings. The Balaban J connectivity index is 2.69. The van der Waals surface area contributed by atoms with Gasteiger partial charge in [-0.25, -0.2) is 0 Å². The van der Waals surface area contributed by atoms with Gasteiger partial charge >= 0.3 is 0 Å². The van der Waals surface area contributed by atoms with Crippen LogP contribution in [0.2, 0.25) is 0 Å². The van der Waals surface area contributed by atoms with Gasteiger partial charge in [-0.15, -0.1) is 0 Å². The summed E-state index contributed by atoms with van der Waals surface area (Å²) in [5.74, 6) is 0.191. The summed E-state index contributed by atoms with van der Waals surface area (Å²) in [5.41, 5.74) is 0.384. The number of ether oxygens (including phenoxy) is 1. The number of para-hydroxylation sites is 1. The zero-order valence-electron chi connectivity index (χ0n) is 12.0. The summed E-state index contributed by atoms with van der Waals surface area (Å²) in [4.78, 5) is 12.0. The Hall–Kier alpha value is -2.06. The van der Waals surface area contributed by atoms with E-state index in [1.165, 1.54) is 0 Å². The Morgan fingerprint density at radius 2 is 2.05 bits per heavy atom. The molecule has 0 saturated carbocycles. The lowest BCUT2D eigenvalue weighted by atomic mass is 10.1. The molecule has 108 valence electrons. The van der Waals surface area contributed by atoms with Crippen LogP contribution in [0.3, 0.4) is 0 Å². The van der Waals surface area contributed by atoms with Crippen LogP contribution in [0.25, 0.3) is 0 Å². The predicted molar refractivity (Wildman–Crippen MR) is 75.1 cm³/mol. The first-order valence-corrected chi connectivity index (χ1v) is 6.56. The van der Waals surface area contributed by atoms with Gasteiger partial charge in [-0.05, 0) is 25.0 Å². The van der Waals surface area contributed by atoms with E-state index in [0.717, 1.165) is 0 Å². The van der Waals surface area contributed by atoms with E-state index in [4.69, 9.17) is 10.00 Å². The zero-order valence-corrected chi connectivity index (χ0v) is 12.0. The highest BCUT2D eigenvalue weighted by molar-refractivity contribution is 5.81. The fraction of sp³-hybridized carbons (Fsp3) is 0.467. The smallest absolute Gasteiger partial charge is 0.261 e. The third kappa shape index (κ3) is 4.25. The number of carbonyl (C=O) groups is 1. The van der Waals surface area contributed by atoms with Crippen molar-refractivity contribution in [1.82, 2.24) is 5.32 Å². The van der Waals surface area contributed by atoms with Gasteiger partial charge in [0.15, 0.2) is 6.10 Å². The molecule has 1 amide bonds. The molecule has 1 aromatic carbocycles. The number of aliphatic hydroxyl groups excluding tert-OH is 1. The van der Waals surface area contributed by atoms with Gasteiger partial charge in [0.05, 0.1) is 18.2 Å². The van der Waals surface area contributed by atoms with E-state index in [0.29, 0.717) is 11.3 Å². The maximum absolute atomic E-state index is 12.0. The Labute approximate surface area is 119 Å². The highest BCUT2D eigenvalue weighted by Crippen LogP contribution is 2.18. The van der Waals surface area contributed by atoms with E-state index in [1.807, 2.05) is 19.9 Å². The first-order valence-electron chi connectivity index (χ1n) is 6.56. The van der Waals surface area contributed by atoms with E-state index >= 15 is 0 Å². The number of rotatable bonds is 6. The molecule has 2 N–H and O–H groups in total. The van der Waals surface area contributed by atoms with Gasteiger partial charge in [0, 0.05) is 0 Å². The molecule has 0 fully saturated rings. The normalized spacial score (nSPS) is 13.4. The molecule has 0 spiro atoms. The molecular weight excluding hydrogens is 256 g/mol. The Kier molecular flexibility index (Phi) is 6.01. The third-order valence-corrected chi connectivity index (χ3v) is 3.01. The van der Waals surface area contributed by atoms with Crippen molar-refractivity contribution in [1.29, 1.82) is 5.26 Å². The number of nitriles is 1. The van der Waals surface area contributed by atoms with E-state index in [9.17, 15) is 9.90 Å². The zero-order chi connectivity index (χ0) is 15.1. The van der Waals surface area contributed by atoms with Gasteiger partial charge in [0.2, 0.25) is 0 Å². The van der Waals surface area contributed by atoms with E-state index < -0.39 is 6.10 Å². The van der Waals surface area contributed by atoms with E-state index in [-0.39, 0.29) is 24.5 Å². The molecule has 0 radical (unpaired) electrons. The molecule has 1 unspecified atom stereocenters. The van der Waals surface area contributed by atoms with Crippen LogP contribution in [0, 0.1) is 17.2 Å². The SMILES string of the molecule is CC(Oc1ccccc1C#N)C(=O)N[C@H](CO)C(C)C. The van der Waals surface area contributed by atoms with Crippen molar-refractivity contribution in [3.63, 3.8) is 0 Å². The second-order valence-corrected chi connectivity index (χ2v) is 4.91. The van der Waals surface area contributed by atoms with Crippen molar-refractivity contribution in [2.75, 3.05) is 6.61 Å². The monoisotopic (exact) mass is 276 g/mol. The molecule has 5 nitrogen and oxygen atoms in total. The highest BCUT2D eigenvalue weighted by atomic mass is 16.5. The van der Waals surface area contributed by atoms with E-state index in [2.05, 4.69) is 5.32 Å². The summed E-state index contributed by atoms with van der Waals surface area (Å²) < 4.78 is 5.51. The average molecular weight is 276 g/mol. The van der Waals surface area contributed by atoms with Gasteiger partial charge in [0.25, 0.3) is 5.91 Å². The maximum atomic E-state index is 12.0. The number of hydrogen-bond acceptors (Lipinski definition) is 4. The van der Waals surface area contributed by atoms with Gasteiger partial charge in [-0.2, -0.15) is 5.26 Å². The number of hydrogen-bond donors (Lipinski definition) is 2. The topological polar surface area (TPSA) is 82.3 Å². The van der Waals surface area contributed by atoms with Gasteiger partial charge < -0.3 is 15.2 Å². The molecule has 20 heavy (non-hydrogen) atoms. The molecular formula is C15H20N2O3. The number of benzene rings is 1. The first kappa shape index (κ1) is 16.0. The van der Waals surface area contributed by atoms with Crippen LogP contribution in [0.15, 0.2) is 24.3 Å². The molecule has 0 aliphatic rings. The van der Waals surface area contributed by atoms with Crippen LogP contribution in [-0.4, -0.2) is 29.8 Å². The summed E-state index contributed by atoms with van der Waals surface area (Å²) >= 11 is 0. The largest absolute Gasteiger partial charge is 0.480 e. The van der Waals surface area contributed by atoms with Crippen LogP contribution in [0.5, 0.6) is 5.75 Å². The number of nitrogens with zero attached hydrogens (tertiary/aromatic N) is 1. The molecule has 0 aliphatic heterocycles. The minimum Gasteiger partial charge on any atom is -0.480 e. The van der Waals surface area contributed by atoms with Gasteiger partial charge in [0.1, 0.15) is 11.8 Å². The fourth-order valence-electron chi connectivity index (χ4n) is 1.63. The maximum Gasteiger partial charge on any atom is 0.261 e. The van der Waals surface area contributed by atoms with Crippen LogP contribution < -0.4 is 10.1 Å². The van der Waals surface area contributed by atoms with E-state index in [1.54, 1.807) is 31.2 Å². The van der Waals surface area contributed by atoms with Gasteiger partial charge in [-0.1, -0.05) is 26.0 Å². The summed E-state index contributed by atoms with van der Waals surface area (Å²) in [6, 6.07) is 8.46. The quantitative estimate of drug-likeness (QED) is 0.824. The number of aliphatic hydroxyl groups is 1. The summed E-state index contributed by atoms with van der Waals surface area (Å²) in [5, 5.41) is 20.9. The molecule has 0 aromatic heterocycles. The Morgan fingerprint density at radius 3 is 2.60 bits per heavy atom. The second kappa shape index (κ2) is 7.51. The Morgan fingerprint density at radius 1 is 1.40 bits per heavy atom. The van der Waals surface area contributed by atoms with Crippen molar-refractivity contribution < 1.29 is 14.6 Å². The Bertz CT molecular complexity index is 494. The summed E-state index contributed by atoms with van der Waals surface area (Å²) in [6.45, 7) is 5.32. The number of amides is 1. The first-order chi connectivity index (χ1) is 9.49. The summed E-state index contributed by atoms with van der Waals surface area (Å²) in [7, 11) is 0. The molecule has 0 bridgehead atoms. The fourth-order valence-corrected chi connectivity index (χ4v) is 1.63. The number of carbonyl (C=O) groups excluding carboxylic acids is 1. The predicted octanol–water partition coefficient (Wildman–Crippen LogP) is 1.46. The van der Waals surface area contributed by atoms with Crippen molar-refractivity contribution in [2.24, 2.45) is 5.92 Å². The lowest BCUT2D eigenvalue weighted by Gasteiger charge is -2.22. The van der Waals surface area contributed by atoms with Crippen LogP contribution in [0.4, 0.5) is 0 Å². The molecule has 1 rings (SSSR count). The second-order valence-electron chi connectivity index (χ2n) is 4.91. The van der Waals surface area contributed by atoms with Crippen LogP contribution in [-0.2, 0) is 4.79 Å². The lowest BCUT2D eigenvalue weighted by molar-refractivity contribution is -0.128. The van der Waals surface area contributed by atoms with Gasteiger partial charge in [-0.3, -0.25) is 4.79 Å². The molecule has 0 heterocycles. The minimum atomic E-state index is -0.739. The number of nitrogens with one attached hydrogen (secondary N) is 1. The standard InChI is InChI=1S/C15H20N2O3/c1-10(2)13(9-18)17-15(19)11(3)20-14-7-5-4-6-12(14)8-16/h4-7,10-11,13,18H,9H2,1-3H3,(H,17,19)/t11?,13-/m1/s1. The van der Waals surface area contributed by atoms with Crippen molar-refractivity contribution in [2.45, 2.75) is 32.9 Å². The highest BCUT2D eigenvalue weighted by Gasteiger charge is 2.21. The van der Waals surface area contributed by atoms with Crippen molar-refractivity contribution in [3.05, 3.63) is 29.8 Å². The minimum absolute atomic E-state index is 0.120. The lowest BCUT2D eigenvalue weighted by Crippen LogP contribution is -2.46. The molecule has 0 saturated heterocycles. The average Bonchev–Trinajstić information content (AvgIpc) is 2.44. The van der Waals surface area contributed by atoms with Crippen LogP contribution >= 0.6 is 0 Å². The van der Waals surface area contributed by atoms with Crippen molar-refractivity contribution in [3.8, 4) is 11.8 Å².